The van der Waals surface area contributed by atoms with Crippen LogP contribution in [-0.2, 0) is 9.59 Å². The number of benzene rings is 1. The number of hydrogen-bond donors (Lipinski definition) is 0. The summed E-state index contributed by atoms with van der Waals surface area (Å²) in [6.07, 6.45) is 2.20. The molecule has 7 heteroatoms. The molecule has 0 saturated carbocycles. The van der Waals surface area contributed by atoms with Crippen molar-refractivity contribution in [2.45, 2.75) is 12.8 Å². The van der Waals surface area contributed by atoms with Crippen LogP contribution < -0.4 is 4.74 Å². The Kier molecular flexibility index (Phi) is 5.86. The second-order valence-corrected chi connectivity index (χ2v) is 6.49. The van der Waals surface area contributed by atoms with Gasteiger partial charge in [-0.15, -0.1) is 0 Å². The van der Waals surface area contributed by atoms with Crippen LogP contribution in [0.5, 0.6) is 5.75 Å². The third-order valence-electron chi connectivity index (χ3n) is 4.72. The highest BCUT2D eigenvalue weighted by molar-refractivity contribution is 5.79. The van der Waals surface area contributed by atoms with Crippen molar-refractivity contribution in [1.29, 1.82) is 0 Å². The molecule has 0 unspecified atom stereocenters. The van der Waals surface area contributed by atoms with E-state index in [0.717, 1.165) is 25.9 Å². The lowest BCUT2D eigenvalue weighted by atomic mass is 10.3. The largest absolute Gasteiger partial charge is 0.484 e. The molecule has 2 amide bonds. The number of ether oxygens (including phenoxy) is 1. The average Bonchev–Trinajstić information content (AvgIpc) is 3.16. The molecule has 0 bridgehead atoms. The summed E-state index contributed by atoms with van der Waals surface area (Å²) in [6, 6.07) is 5.61. The molecule has 2 aliphatic rings. The fraction of sp³-hybridized carbons (Fsp3) is 0.556. The Morgan fingerprint density at radius 1 is 0.880 bits per heavy atom. The second kappa shape index (κ2) is 8.29. The maximum absolute atomic E-state index is 12.8. The van der Waals surface area contributed by atoms with E-state index in [4.69, 9.17) is 4.74 Å². The van der Waals surface area contributed by atoms with E-state index in [1.54, 1.807) is 4.90 Å². The van der Waals surface area contributed by atoms with E-state index in [2.05, 4.69) is 4.90 Å². The van der Waals surface area contributed by atoms with Crippen LogP contribution in [-0.4, -0.2) is 78.9 Å². The Bertz CT molecular complexity index is 594. The highest BCUT2D eigenvalue weighted by Gasteiger charge is 2.25. The highest BCUT2D eigenvalue weighted by Crippen LogP contribution is 2.12. The third-order valence-corrected chi connectivity index (χ3v) is 4.72. The quantitative estimate of drug-likeness (QED) is 0.795. The van der Waals surface area contributed by atoms with Gasteiger partial charge in [0.1, 0.15) is 11.6 Å². The molecule has 0 aliphatic carbocycles. The number of hydrogen-bond acceptors (Lipinski definition) is 4. The molecule has 0 atom stereocenters. The van der Waals surface area contributed by atoms with Gasteiger partial charge in [0.25, 0.3) is 5.91 Å². The number of amides is 2. The lowest BCUT2D eigenvalue weighted by Gasteiger charge is -2.34. The van der Waals surface area contributed by atoms with Gasteiger partial charge < -0.3 is 14.5 Å². The van der Waals surface area contributed by atoms with Gasteiger partial charge in [-0.3, -0.25) is 14.5 Å². The smallest absolute Gasteiger partial charge is 0.260 e. The number of carbonyl (C=O) groups excluding carboxylic acids is 2. The van der Waals surface area contributed by atoms with Gasteiger partial charge in [-0.25, -0.2) is 4.39 Å². The Morgan fingerprint density at radius 3 is 2.12 bits per heavy atom. The summed E-state index contributed by atoms with van der Waals surface area (Å²) in [5.74, 6) is 0.245. The van der Waals surface area contributed by atoms with Crippen molar-refractivity contribution in [3.8, 4) is 5.75 Å². The number of piperazine rings is 1. The minimum absolute atomic E-state index is 0.0572. The number of nitrogens with zero attached hydrogens (tertiary/aromatic N) is 3. The van der Waals surface area contributed by atoms with Crippen LogP contribution in [0, 0.1) is 5.82 Å². The molecule has 3 rings (SSSR count). The molecule has 2 saturated heterocycles. The van der Waals surface area contributed by atoms with Crippen molar-refractivity contribution >= 4 is 11.8 Å². The summed E-state index contributed by atoms with van der Waals surface area (Å²) in [4.78, 5) is 30.2. The van der Waals surface area contributed by atoms with E-state index < -0.39 is 0 Å². The zero-order chi connectivity index (χ0) is 17.6. The topological polar surface area (TPSA) is 53.1 Å². The van der Waals surface area contributed by atoms with Crippen LogP contribution in [0.25, 0.3) is 0 Å². The normalized spacial score (nSPS) is 18.4. The summed E-state index contributed by atoms with van der Waals surface area (Å²) >= 11 is 0. The molecule has 2 aliphatic heterocycles. The van der Waals surface area contributed by atoms with Crippen molar-refractivity contribution in [2.24, 2.45) is 0 Å². The maximum Gasteiger partial charge on any atom is 0.260 e. The Morgan fingerprint density at radius 2 is 1.48 bits per heavy atom. The third kappa shape index (κ3) is 4.92. The summed E-state index contributed by atoms with van der Waals surface area (Å²) in [7, 11) is 0. The molecule has 2 fully saturated rings. The Balaban J connectivity index is 1.38. The first-order valence-corrected chi connectivity index (χ1v) is 8.78. The number of likely N-dealkylation sites (tertiary alicyclic amines) is 1. The standard InChI is InChI=1S/C18H24FN3O3/c19-15-3-5-16(6-4-15)25-14-18(24)22-11-9-20(10-12-22)13-17(23)21-7-1-2-8-21/h3-6H,1-2,7-14H2. The van der Waals surface area contributed by atoms with E-state index in [0.29, 0.717) is 38.5 Å². The minimum atomic E-state index is -0.335. The lowest BCUT2D eigenvalue weighted by Crippen LogP contribution is -2.52. The minimum Gasteiger partial charge on any atom is -0.484 e. The van der Waals surface area contributed by atoms with Gasteiger partial charge in [-0.2, -0.15) is 0 Å². The zero-order valence-electron chi connectivity index (χ0n) is 14.3. The van der Waals surface area contributed by atoms with E-state index in [1.807, 2.05) is 4.90 Å². The molecule has 1 aromatic rings. The lowest BCUT2D eigenvalue weighted by molar-refractivity contribution is -0.136. The van der Waals surface area contributed by atoms with Crippen molar-refractivity contribution in [2.75, 3.05) is 52.4 Å². The highest BCUT2D eigenvalue weighted by atomic mass is 19.1. The predicted molar refractivity (Wildman–Crippen MR) is 90.7 cm³/mol. The number of halogens is 1. The van der Waals surface area contributed by atoms with Crippen LogP contribution in [0.2, 0.25) is 0 Å². The van der Waals surface area contributed by atoms with Crippen molar-refractivity contribution in [1.82, 2.24) is 14.7 Å². The molecular weight excluding hydrogens is 325 g/mol. The summed E-state index contributed by atoms with van der Waals surface area (Å²) in [6.45, 7) is 4.71. The van der Waals surface area contributed by atoms with Crippen molar-refractivity contribution in [3.05, 3.63) is 30.1 Å². The predicted octanol–water partition coefficient (Wildman–Crippen LogP) is 0.971. The van der Waals surface area contributed by atoms with Crippen LogP contribution >= 0.6 is 0 Å². The first kappa shape index (κ1) is 17.7. The van der Waals surface area contributed by atoms with Gasteiger partial charge in [0.2, 0.25) is 5.91 Å². The molecule has 0 aromatic heterocycles. The summed E-state index contributed by atoms with van der Waals surface area (Å²) in [5, 5.41) is 0. The molecule has 2 heterocycles. The molecule has 1 aromatic carbocycles. The van der Waals surface area contributed by atoms with Crippen LogP contribution in [0.4, 0.5) is 4.39 Å². The summed E-state index contributed by atoms with van der Waals surface area (Å²) in [5.41, 5.74) is 0. The average molecular weight is 349 g/mol. The molecule has 0 N–H and O–H groups in total. The van der Waals surface area contributed by atoms with Crippen LogP contribution in [0.3, 0.4) is 0 Å². The van der Waals surface area contributed by atoms with E-state index in [9.17, 15) is 14.0 Å². The number of rotatable bonds is 5. The van der Waals surface area contributed by atoms with Gasteiger partial charge in [-0.1, -0.05) is 0 Å². The Labute approximate surface area is 147 Å². The molecule has 25 heavy (non-hydrogen) atoms. The molecule has 0 radical (unpaired) electrons. The molecular formula is C18H24FN3O3. The monoisotopic (exact) mass is 349 g/mol. The van der Waals surface area contributed by atoms with Crippen LogP contribution in [0.15, 0.2) is 24.3 Å². The van der Waals surface area contributed by atoms with Crippen molar-refractivity contribution < 1.29 is 18.7 Å². The SMILES string of the molecule is O=C(COc1ccc(F)cc1)N1CCN(CC(=O)N2CCCC2)CC1. The van der Waals surface area contributed by atoms with Crippen molar-refractivity contribution in [3.63, 3.8) is 0 Å². The van der Waals surface area contributed by atoms with Gasteiger partial charge >= 0.3 is 0 Å². The maximum atomic E-state index is 12.8. The second-order valence-electron chi connectivity index (χ2n) is 6.49. The van der Waals surface area contributed by atoms with E-state index in [-0.39, 0.29) is 24.2 Å². The number of carbonyl (C=O) groups is 2. The van der Waals surface area contributed by atoms with Gasteiger partial charge in [-0.05, 0) is 37.1 Å². The first-order chi connectivity index (χ1) is 12.1. The van der Waals surface area contributed by atoms with Gasteiger partial charge in [0, 0.05) is 39.3 Å². The van der Waals surface area contributed by atoms with E-state index >= 15 is 0 Å². The zero-order valence-corrected chi connectivity index (χ0v) is 14.3. The summed E-state index contributed by atoms with van der Waals surface area (Å²) < 4.78 is 18.2. The fourth-order valence-corrected chi connectivity index (χ4v) is 3.18. The first-order valence-electron chi connectivity index (χ1n) is 8.78. The molecule has 0 spiro atoms. The van der Waals surface area contributed by atoms with E-state index in [1.165, 1.54) is 24.3 Å². The Hall–Kier alpha value is -2.15. The fourth-order valence-electron chi connectivity index (χ4n) is 3.18. The van der Waals surface area contributed by atoms with Gasteiger partial charge in [0.15, 0.2) is 6.61 Å². The molecule has 136 valence electrons. The van der Waals surface area contributed by atoms with Crippen LogP contribution in [0.1, 0.15) is 12.8 Å². The van der Waals surface area contributed by atoms with Gasteiger partial charge in [0.05, 0.1) is 6.54 Å². The molecule has 6 nitrogen and oxygen atoms in total.